The van der Waals surface area contributed by atoms with Gasteiger partial charge in [-0.2, -0.15) is 0 Å². The van der Waals surface area contributed by atoms with Gasteiger partial charge in [-0.15, -0.1) is 0 Å². The van der Waals surface area contributed by atoms with Gasteiger partial charge in [-0.3, -0.25) is 9.69 Å². The minimum Gasteiger partial charge on any atom is -0.480 e. The number of carboxylic acid groups (broad SMARTS) is 1. The Kier molecular flexibility index (Phi) is 9.48. The van der Waals surface area contributed by atoms with Gasteiger partial charge in [-0.05, 0) is 43.2 Å². The Hall–Kier alpha value is -2.90. The van der Waals surface area contributed by atoms with Crippen molar-refractivity contribution in [1.82, 2.24) is 10.2 Å². The van der Waals surface area contributed by atoms with E-state index in [-0.39, 0.29) is 30.7 Å². The fourth-order valence-corrected chi connectivity index (χ4v) is 5.02. The van der Waals surface area contributed by atoms with Crippen molar-refractivity contribution in [2.75, 3.05) is 6.54 Å². The number of amides is 1. The number of alkyl carbamates (subject to hydrolysis) is 1. The lowest BCUT2D eigenvalue weighted by atomic mass is 9.84. The minimum absolute atomic E-state index is 0.0458. The maximum Gasteiger partial charge on any atom is 0.407 e. The van der Waals surface area contributed by atoms with E-state index in [9.17, 15) is 14.7 Å². The zero-order valence-electron chi connectivity index (χ0n) is 20.1. The van der Waals surface area contributed by atoms with Crippen molar-refractivity contribution in [1.29, 1.82) is 0 Å². The van der Waals surface area contributed by atoms with E-state index in [1.54, 1.807) is 0 Å². The predicted molar refractivity (Wildman–Crippen MR) is 132 cm³/mol. The lowest BCUT2D eigenvalue weighted by molar-refractivity contribution is -0.143. The largest absolute Gasteiger partial charge is 0.480 e. The van der Waals surface area contributed by atoms with Gasteiger partial charge in [0, 0.05) is 24.7 Å². The molecule has 2 aromatic rings. The highest BCUT2D eigenvalue weighted by Crippen LogP contribution is 2.30. The number of likely N-dealkylation sites (tertiary alicyclic amines) is 1. The number of hydrogen-bond donors (Lipinski definition) is 3. The van der Waals surface area contributed by atoms with Gasteiger partial charge < -0.3 is 20.9 Å². The summed E-state index contributed by atoms with van der Waals surface area (Å²) < 4.78 is 5.37. The van der Waals surface area contributed by atoms with Crippen LogP contribution in [0.4, 0.5) is 4.79 Å². The highest BCUT2D eigenvalue weighted by molar-refractivity contribution is 5.74. The second-order valence-corrected chi connectivity index (χ2v) is 9.26. The number of rotatable bonds is 11. The third kappa shape index (κ3) is 7.05. The summed E-state index contributed by atoms with van der Waals surface area (Å²) in [5.74, 6) is -0.740. The Morgan fingerprint density at radius 1 is 1.12 bits per heavy atom. The molecule has 1 amide bonds. The monoisotopic (exact) mass is 467 g/mol. The number of aliphatic carboxylic acids is 1. The van der Waals surface area contributed by atoms with Crippen LogP contribution in [0.5, 0.6) is 0 Å². The Balaban J connectivity index is 1.74. The number of hydrogen-bond acceptors (Lipinski definition) is 5. The van der Waals surface area contributed by atoms with Crippen molar-refractivity contribution in [3.63, 3.8) is 0 Å². The SMILES string of the molecule is CCC[C@@H](C(C)N)[C@H](Cc1ccccc1)N1CC(NC(=O)OCc2ccccc2)CC1C(=O)O. The highest BCUT2D eigenvalue weighted by Gasteiger charge is 2.43. The fourth-order valence-electron chi connectivity index (χ4n) is 5.02. The van der Waals surface area contributed by atoms with E-state index in [0.717, 1.165) is 24.0 Å². The number of carbonyl (C=O) groups excluding carboxylic acids is 1. The van der Waals surface area contributed by atoms with Crippen molar-refractivity contribution < 1.29 is 19.4 Å². The minimum atomic E-state index is -0.875. The number of ether oxygens (including phenoxy) is 1. The van der Waals surface area contributed by atoms with Crippen LogP contribution in [0.25, 0.3) is 0 Å². The first-order valence-corrected chi connectivity index (χ1v) is 12.1. The first-order chi connectivity index (χ1) is 16.4. The summed E-state index contributed by atoms with van der Waals surface area (Å²) in [5.41, 5.74) is 8.46. The van der Waals surface area contributed by atoms with Crippen LogP contribution in [0.2, 0.25) is 0 Å². The molecule has 1 fully saturated rings. The summed E-state index contributed by atoms with van der Waals surface area (Å²) in [6.45, 7) is 4.74. The standard InChI is InChI=1S/C27H37N3O4/c1-3-10-23(19(2)28)24(15-20-11-6-4-7-12-20)30-17-22(16-25(30)26(31)32)29-27(33)34-18-21-13-8-5-9-14-21/h4-9,11-14,19,22-25H,3,10,15-18,28H2,1-2H3,(H,29,33)(H,31,32)/t19?,22?,23-,24-,25?/m0/s1. The Morgan fingerprint density at radius 2 is 1.74 bits per heavy atom. The van der Waals surface area contributed by atoms with Crippen molar-refractivity contribution in [2.45, 2.75) is 70.3 Å². The summed E-state index contributed by atoms with van der Waals surface area (Å²) in [7, 11) is 0. The molecule has 0 spiro atoms. The second-order valence-electron chi connectivity index (χ2n) is 9.26. The molecule has 0 saturated carbocycles. The van der Waals surface area contributed by atoms with Crippen LogP contribution in [0.3, 0.4) is 0 Å². The molecule has 1 aliphatic heterocycles. The molecule has 0 radical (unpaired) electrons. The van der Waals surface area contributed by atoms with Crippen LogP contribution >= 0.6 is 0 Å². The van der Waals surface area contributed by atoms with Crippen LogP contribution in [-0.2, 0) is 22.6 Å². The van der Waals surface area contributed by atoms with Gasteiger partial charge in [0.25, 0.3) is 0 Å². The molecule has 3 unspecified atom stereocenters. The molecule has 1 heterocycles. The molecular formula is C27H37N3O4. The summed E-state index contributed by atoms with van der Waals surface area (Å²) in [6, 6.07) is 18.5. The van der Waals surface area contributed by atoms with Gasteiger partial charge in [0.05, 0.1) is 0 Å². The second kappa shape index (κ2) is 12.5. The van der Waals surface area contributed by atoms with Gasteiger partial charge >= 0.3 is 12.1 Å². The number of nitrogens with two attached hydrogens (primary N) is 1. The third-order valence-corrected chi connectivity index (χ3v) is 6.66. The Labute approximate surface area is 202 Å². The van der Waals surface area contributed by atoms with Crippen LogP contribution in [-0.4, -0.2) is 52.8 Å². The molecule has 184 valence electrons. The lowest BCUT2D eigenvalue weighted by Crippen LogP contribution is -2.52. The van der Waals surface area contributed by atoms with Gasteiger partial charge in [0.1, 0.15) is 12.6 Å². The first kappa shape index (κ1) is 25.7. The predicted octanol–water partition coefficient (Wildman–Crippen LogP) is 3.82. The highest BCUT2D eigenvalue weighted by atomic mass is 16.5. The van der Waals surface area contributed by atoms with E-state index in [2.05, 4.69) is 24.4 Å². The van der Waals surface area contributed by atoms with E-state index in [0.29, 0.717) is 19.4 Å². The average Bonchev–Trinajstić information content (AvgIpc) is 3.25. The van der Waals surface area contributed by atoms with Crippen LogP contribution < -0.4 is 11.1 Å². The Bertz CT molecular complexity index is 907. The summed E-state index contributed by atoms with van der Waals surface area (Å²) in [6.07, 6.45) is 2.39. The molecule has 34 heavy (non-hydrogen) atoms. The molecular weight excluding hydrogens is 430 g/mol. The zero-order valence-corrected chi connectivity index (χ0v) is 20.1. The van der Waals surface area contributed by atoms with Crippen molar-refractivity contribution in [3.8, 4) is 0 Å². The van der Waals surface area contributed by atoms with E-state index < -0.39 is 18.1 Å². The van der Waals surface area contributed by atoms with Crippen LogP contribution in [0.15, 0.2) is 60.7 Å². The van der Waals surface area contributed by atoms with Gasteiger partial charge in [-0.25, -0.2) is 4.79 Å². The molecule has 1 saturated heterocycles. The van der Waals surface area contributed by atoms with Crippen molar-refractivity contribution in [3.05, 3.63) is 71.8 Å². The molecule has 0 aromatic heterocycles. The summed E-state index contributed by atoms with van der Waals surface area (Å²) >= 11 is 0. The zero-order chi connectivity index (χ0) is 24.5. The molecule has 1 aliphatic rings. The van der Waals surface area contributed by atoms with E-state index in [1.165, 1.54) is 0 Å². The van der Waals surface area contributed by atoms with Gasteiger partial charge in [0.15, 0.2) is 0 Å². The molecule has 7 nitrogen and oxygen atoms in total. The molecule has 2 aromatic carbocycles. The smallest absolute Gasteiger partial charge is 0.407 e. The Morgan fingerprint density at radius 3 is 2.29 bits per heavy atom. The quantitative estimate of drug-likeness (QED) is 0.464. The number of nitrogens with zero attached hydrogens (tertiary/aromatic N) is 1. The number of carbonyl (C=O) groups is 2. The maximum atomic E-state index is 12.4. The van der Waals surface area contributed by atoms with Gasteiger partial charge in [0.2, 0.25) is 0 Å². The molecule has 4 N–H and O–H groups in total. The maximum absolute atomic E-state index is 12.4. The third-order valence-electron chi connectivity index (χ3n) is 6.66. The summed E-state index contributed by atoms with van der Waals surface area (Å²) in [5, 5.41) is 12.9. The van der Waals surface area contributed by atoms with Crippen LogP contribution in [0, 0.1) is 5.92 Å². The van der Waals surface area contributed by atoms with E-state index in [1.807, 2.05) is 60.4 Å². The first-order valence-electron chi connectivity index (χ1n) is 12.1. The molecule has 7 heteroatoms. The van der Waals surface area contributed by atoms with Crippen molar-refractivity contribution in [2.24, 2.45) is 11.7 Å². The number of carboxylic acids is 1. The fraction of sp³-hybridized carbons (Fsp3) is 0.481. The topological polar surface area (TPSA) is 105 Å². The van der Waals surface area contributed by atoms with Crippen molar-refractivity contribution >= 4 is 12.1 Å². The van der Waals surface area contributed by atoms with E-state index >= 15 is 0 Å². The molecule has 3 rings (SSSR count). The molecule has 0 bridgehead atoms. The molecule has 0 aliphatic carbocycles. The molecule has 5 atom stereocenters. The number of nitrogens with one attached hydrogen (secondary N) is 1. The van der Waals surface area contributed by atoms with Crippen LogP contribution in [0.1, 0.15) is 44.2 Å². The normalized spacial score (nSPS) is 20.9. The van der Waals surface area contributed by atoms with E-state index in [4.69, 9.17) is 10.5 Å². The number of benzene rings is 2. The lowest BCUT2D eigenvalue weighted by Gasteiger charge is -2.39. The summed E-state index contributed by atoms with van der Waals surface area (Å²) in [4.78, 5) is 26.7. The van der Waals surface area contributed by atoms with Gasteiger partial charge in [-0.1, -0.05) is 74.0 Å². The average molecular weight is 468 g/mol.